The Bertz CT molecular complexity index is 432. The molecule has 7 heteroatoms. The third-order valence-corrected chi connectivity index (χ3v) is 6.15. The number of ether oxygens (including phenoxy) is 2. The van der Waals surface area contributed by atoms with Crippen molar-refractivity contribution in [2.75, 3.05) is 46.0 Å². The van der Waals surface area contributed by atoms with Gasteiger partial charge in [-0.25, -0.2) is 0 Å². The summed E-state index contributed by atoms with van der Waals surface area (Å²) in [6, 6.07) is 1.42. The van der Waals surface area contributed by atoms with Crippen LogP contribution in [-0.4, -0.2) is 75.0 Å². The van der Waals surface area contributed by atoms with Crippen LogP contribution in [0.3, 0.4) is 0 Å². The Balaban J connectivity index is 0.00000280. The largest absolute Gasteiger partial charge is 0.381 e. The lowest BCUT2D eigenvalue weighted by Gasteiger charge is -2.36. The highest BCUT2D eigenvalue weighted by molar-refractivity contribution is 14.0. The molecule has 1 saturated carbocycles. The van der Waals surface area contributed by atoms with Crippen molar-refractivity contribution in [3.63, 3.8) is 0 Å². The number of likely N-dealkylation sites (tertiary alicyclic amines) is 1. The molecule has 1 aliphatic carbocycles. The molecule has 0 radical (unpaired) electrons. The minimum atomic E-state index is 0. The van der Waals surface area contributed by atoms with Crippen LogP contribution >= 0.6 is 24.0 Å². The van der Waals surface area contributed by atoms with E-state index in [9.17, 15) is 0 Å². The van der Waals surface area contributed by atoms with Gasteiger partial charge in [0.1, 0.15) is 0 Å². The number of aliphatic imine (C=N–C) groups is 1. The SMILES string of the molecule is CCNC(=NCCCOC1CCOCC1)NC1CCN(C2CCCC2)CC1.I. The summed E-state index contributed by atoms with van der Waals surface area (Å²) in [4.78, 5) is 7.49. The summed E-state index contributed by atoms with van der Waals surface area (Å²) >= 11 is 0. The Morgan fingerprint density at radius 1 is 1.07 bits per heavy atom. The molecule has 0 aromatic rings. The molecule has 0 bridgehead atoms. The number of hydrogen-bond donors (Lipinski definition) is 2. The monoisotopic (exact) mass is 508 g/mol. The highest BCUT2D eigenvalue weighted by Gasteiger charge is 2.27. The van der Waals surface area contributed by atoms with E-state index in [0.717, 1.165) is 64.2 Å². The molecule has 28 heavy (non-hydrogen) atoms. The van der Waals surface area contributed by atoms with Crippen LogP contribution < -0.4 is 10.6 Å². The molecule has 0 spiro atoms. The average molecular weight is 508 g/mol. The third kappa shape index (κ3) is 8.32. The van der Waals surface area contributed by atoms with Gasteiger partial charge in [-0.05, 0) is 51.9 Å². The minimum absolute atomic E-state index is 0. The van der Waals surface area contributed by atoms with E-state index < -0.39 is 0 Å². The van der Waals surface area contributed by atoms with E-state index >= 15 is 0 Å². The molecule has 6 nitrogen and oxygen atoms in total. The van der Waals surface area contributed by atoms with Crippen molar-refractivity contribution in [3.8, 4) is 0 Å². The Morgan fingerprint density at radius 2 is 1.79 bits per heavy atom. The molecule has 3 aliphatic rings. The molecule has 2 N–H and O–H groups in total. The van der Waals surface area contributed by atoms with Crippen molar-refractivity contribution in [1.82, 2.24) is 15.5 Å². The third-order valence-electron chi connectivity index (χ3n) is 6.15. The van der Waals surface area contributed by atoms with Gasteiger partial charge in [-0.3, -0.25) is 4.99 Å². The van der Waals surface area contributed by atoms with E-state index in [0.29, 0.717) is 12.1 Å². The lowest BCUT2D eigenvalue weighted by atomic mass is 10.0. The van der Waals surface area contributed by atoms with E-state index in [2.05, 4.69) is 22.5 Å². The van der Waals surface area contributed by atoms with Gasteiger partial charge in [0.05, 0.1) is 6.10 Å². The predicted octanol–water partition coefficient (Wildman–Crippen LogP) is 3.15. The van der Waals surface area contributed by atoms with Gasteiger partial charge < -0.3 is 25.0 Å². The van der Waals surface area contributed by atoms with Crippen LogP contribution in [0.25, 0.3) is 0 Å². The number of hydrogen-bond acceptors (Lipinski definition) is 4. The second-order valence-electron chi connectivity index (χ2n) is 8.19. The molecule has 0 amide bonds. The first-order valence-electron chi connectivity index (χ1n) is 11.3. The summed E-state index contributed by atoms with van der Waals surface area (Å²) in [7, 11) is 0. The van der Waals surface area contributed by atoms with Gasteiger partial charge in [-0.1, -0.05) is 12.8 Å². The fourth-order valence-corrected chi connectivity index (χ4v) is 4.54. The quantitative estimate of drug-likeness (QED) is 0.228. The summed E-state index contributed by atoms with van der Waals surface area (Å²) in [6.07, 6.45) is 11.6. The zero-order valence-corrected chi connectivity index (χ0v) is 20.0. The average Bonchev–Trinajstić information content (AvgIpc) is 3.24. The van der Waals surface area contributed by atoms with Crippen molar-refractivity contribution in [2.45, 2.75) is 82.9 Å². The van der Waals surface area contributed by atoms with Gasteiger partial charge in [0.15, 0.2) is 5.96 Å². The Hall–Kier alpha value is -0.120. The molecule has 164 valence electrons. The zero-order chi connectivity index (χ0) is 18.7. The van der Waals surface area contributed by atoms with E-state index in [4.69, 9.17) is 14.5 Å². The van der Waals surface area contributed by atoms with Gasteiger partial charge >= 0.3 is 0 Å². The van der Waals surface area contributed by atoms with E-state index in [1.165, 1.54) is 51.6 Å². The number of nitrogens with zero attached hydrogens (tertiary/aromatic N) is 2. The smallest absolute Gasteiger partial charge is 0.191 e. The van der Waals surface area contributed by atoms with Crippen molar-refractivity contribution in [1.29, 1.82) is 0 Å². The first-order valence-corrected chi connectivity index (χ1v) is 11.3. The predicted molar refractivity (Wildman–Crippen MR) is 126 cm³/mol. The Morgan fingerprint density at radius 3 is 2.46 bits per heavy atom. The van der Waals surface area contributed by atoms with Crippen molar-refractivity contribution >= 4 is 29.9 Å². The highest BCUT2D eigenvalue weighted by atomic mass is 127. The summed E-state index contributed by atoms with van der Waals surface area (Å²) in [5, 5.41) is 7.07. The summed E-state index contributed by atoms with van der Waals surface area (Å²) in [6.45, 7) is 8.82. The van der Waals surface area contributed by atoms with Gasteiger partial charge in [0.25, 0.3) is 0 Å². The van der Waals surface area contributed by atoms with Crippen molar-refractivity contribution < 1.29 is 9.47 Å². The van der Waals surface area contributed by atoms with Gasteiger partial charge in [0.2, 0.25) is 0 Å². The molecule has 0 aromatic heterocycles. The maximum absolute atomic E-state index is 5.94. The first-order chi connectivity index (χ1) is 13.3. The molecule has 3 rings (SSSR count). The summed E-state index contributed by atoms with van der Waals surface area (Å²) in [5.74, 6) is 0.975. The van der Waals surface area contributed by atoms with Crippen molar-refractivity contribution in [3.05, 3.63) is 0 Å². The van der Waals surface area contributed by atoms with Crippen LogP contribution in [-0.2, 0) is 9.47 Å². The van der Waals surface area contributed by atoms with Gasteiger partial charge in [0, 0.05) is 58.1 Å². The second-order valence-corrected chi connectivity index (χ2v) is 8.19. The standard InChI is InChI=1S/C21H40N4O2.HI/c1-2-22-21(23-12-5-15-27-20-10-16-26-17-11-20)24-18-8-13-25(14-9-18)19-6-3-4-7-19;/h18-20H,2-17H2,1H3,(H2,22,23,24);1H. The maximum Gasteiger partial charge on any atom is 0.191 e. The van der Waals surface area contributed by atoms with Crippen LogP contribution in [0.1, 0.15) is 64.7 Å². The van der Waals surface area contributed by atoms with Crippen LogP contribution in [0.5, 0.6) is 0 Å². The number of guanidine groups is 1. The van der Waals surface area contributed by atoms with Crippen LogP contribution in [0.2, 0.25) is 0 Å². The van der Waals surface area contributed by atoms with Gasteiger partial charge in [-0.15, -0.1) is 24.0 Å². The fraction of sp³-hybridized carbons (Fsp3) is 0.952. The Labute approximate surface area is 188 Å². The zero-order valence-electron chi connectivity index (χ0n) is 17.7. The molecule has 2 heterocycles. The lowest BCUT2D eigenvalue weighted by Crippen LogP contribution is -2.50. The molecule has 0 unspecified atom stereocenters. The number of rotatable bonds is 8. The van der Waals surface area contributed by atoms with Crippen LogP contribution in [0.15, 0.2) is 4.99 Å². The van der Waals surface area contributed by atoms with Crippen LogP contribution in [0.4, 0.5) is 0 Å². The topological polar surface area (TPSA) is 58.1 Å². The number of nitrogens with one attached hydrogen (secondary N) is 2. The first kappa shape index (κ1) is 24.2. The molecule has 0 atom stereocenters. The second kappa shape index (κ2) is 14.0. The lowest BCUT2D eigenvalue weighted by molar-refractivity contribution is -0.0318. The normalized spacial score (nSPS) is 23.5. The Kier molecular flexibility index (Phi) is 12.1. The van der Waals surface area contributed by atoms with Gasteiger partial charge in [-0.2, -0.15) is 0 Å². The molecule has 2 aliphatic heterocycles. The van der Waals surface area contributed by atoms with E-state index in [-0.39, 0.29) is 24.0 Å². The summed E-state index contributed by atoms with van der Waals surface area (Å²) < 4.78 is 11.3. The number of halogens is 1. The fourth-order valence-electron chi connectivity index (χ4n) is 4.54. The molecular formula is C21H41IN4O2. The molecular weight excluding hydrogens is 467 g/mol. The molecule has 3 fully saturated rings. The summed E-state index contributed by atoms with van der Waals surface area (Å²) in [5.41, 5.74) is 0. The van der Waals surface area contributed by atoms with E-state index in [1.54, 1.807) is 0 Å². The molecule has 2 saturated heterocycles. The number of piperidine rings is 1. The maximum atomic E-state index is 5.94. The van der Waals surface area contributed by atoms with Crippen LogP contribution in [0, 0.1) is 0 Å². The molecule has 0 aromatic carbocycles. The van der Waals surface area contributed by atoms with Crippen molar-refractivity contribution in [2.24, 2.45) is 4.99 Å². The minimum Gasteiger partial charge on any atom is -0.381 e. The highest BCUT2D eigenvalue weighted by Crippen LogP contribution is 2.26. The van der Waals surface area contributed by atoms with E-state index in [1.807, 2.05) is 0 Å².